The van der Waals surface area contributed by atoms with Crippen molar-refractivity contribution < 1.29 is 14.8 Å². The van der Waals surface area contributed by atoms with E-state index in [1.807, 2.05) is 18.3 Å². The number of carbonyl (C=O) groups excluding carboxylic acids is 1. The summed E-state index contributed by atoms with van der Waals surface area (Å²) in [6, 6.07) is 0. The van der Waals surface area contributed by atoms with E-state index in [0.29, 0.717) is 13.2 Å². The monoisotopic (exact) mass is 172 g/mol. The van der Waals surface area contributed by atoms with Crippen LogP contribution in [0.3, 0.4) is 0 Å². The number of rotatable bonds is 7. The third kappa shape index (κ3) is 7.28. The first-order valence-electron chi connectivity index (χ1n) is 4.39. The van der Waals surface area contributed by atoms with Crippen molar-refractivity contribution in [3.8, 4) is 0 Å². The van der Waals surface area contributed by atoms with E-state index in [0.717, 1.165) is 19.4 Å². The number of allylic oxidation sites excluding steroid dienone is 1. The molecule has 0 aromatic rings. The number of carbonyl (C=O) groups is 1. The van der Waals surface area contributed by atoms with Crippen molar-refractivity contribution in [2.45, 2.75) is 19.8 Å². The second-order valence-corrected chi connectivity index (χ2v) is 2.52. The van der Waals surface area contributed by atoms with Gasteiger partial charge in [0.05, 0.1) is 13.2 Å². The molecule has 0 atom stereocenters. The van der Waals surface area contributed by atoms with Crippen LogP contribution in [-0.2, 0) is 9.53 Å². The topological polar surface area (TPSA) is 42.9 Å². The first kappa shape index (κ1) is 11.2. The van der Waals surface area contributed by atoms with Gasteiger partial charge in [-0.2, -0.15) is 0 Å². The van der Waals surface area contributed by atoms with Gasteiger partial charge in [-0.25, -0.2) is 4.79 Å². The molecule has 0 amide bonds. The Labute approximate surface area is 73.8 Å². The molecule has 70 valence electrons. The van der Waals surface area contributed by atoms with E-state index in [1.165, 1.54) is 0 Å². The molecule has 0 aromatic carbocycles. The highest BCUT2D eigenvalue weighted by Gasteiger charge is 2.01. The van der Waals surface area contributed by atoms with E-state index in [4.69, 9.17) is 4.74 Å². The molecule has 0 unspecified atom stereocenters. The normalized spacial score (nSPS) is 9.42. The molecule has 0 aliphatic carbocycles. The highest BCUT2D eigenvalue weighted by atomic mass is 16.5. The van der Waals surface area contributed by atoms with E-state index < -0.39 is 0 Å². The lowest BCUT2D eigenvalue weighted by atomic mass is 10.3. The highest BCUT2D eigenvalue weighted by molar-refractivity contribution is 5.70. The smallest absolute Gasteiger partial charge is 0.361 e. The lowest BCUT2D eigenvalue weighted by molar-refractivity contribution is -0.645. The summed E-state index contributed by atoms with van der Waals surface area (Å²) in [5.74, 6) is -0.129. The second kappa shape index (κ2) is 8.27. The average molecular weight is 172 g/mol. The third-order valence-electron chi connectivity index (χ3n) is 1.43. The minimum Gasteiger partial charge on any atom is -0.462 e. The van der Waals surface area contributed by atoms with Gasteiger partial charge in [-0.1, -0.05) is 6.08 Å². The van der Waals surface area contributed by atoms with Gasteiger partial charge >= 0.3 is 5.97 Å². The molecule has 2 N–H and O–H groups in total. The molecule has 0 aromatic heterocycles. The van der Waals surface area contributed by atoms with Gasteiger partial charge in [0.25, 0.3) is 0 Å². The van der Waals surface area contributed by atoms with Gasteiger partial charge in [0, 0.05) is 0 Å². The average Bonchev–Trinajstić information content (AvgIpc) is 2.05. The van der Waals surface area contributed by atoms with Crippen molar-refractivity contribution in [3.05, 3.63) is 12.7 Å². The Balaban J connectivity index is 3.08. The zero-order chi connectivity index (χ0) is 9.23. The fourth-order valence-corrected chi connectivity index (χ4v) is 0.846. The van der Waals surface area contributed by atoms with E-state index in [-0.39, 0.29) is 5.97 Å². The number of nitrogens with two attached hydrogens (primary N) is 1. The maximum atomic E-state index is 10.8. The fourth-order valence-electron chi connectivity index (χ4n) is 0.846. The van der Waals surface area contributed by atoms with E-state index in [1.54, 1.807) is 0 Å². The molecule has 0 saturated carbocycles. The summed E-state index contributed by atoms with van der Waals surface area (Å²) in [6.07, 6.45) is 3.97. The fraction of sp³-hybridized carbons (Fsp3) is 0.667. The number of hydrogen-bond donors (Lipinski definition) is 1. The summed E-state index contributed by atoms with van der Waals surface area (Å²) in [5.41, 5.74) is 0. The lowest BCUT2D eigenvalue weighted by Crippen LogP contribution is -2.86. The van der Waals surface area contributed by atoms with Crippen molar-refractivity contribution in [3.63, 3.8) is 0 Å². The van der Waals surface area contributed by atoms with E-state index >= 15 is 0 Å². The van der Waals surface area contributed by atoms with Crippen molar-refractivity contribution in [1.82, 2.24) is 0 Å². The van der Waals surface area contributed by atoms with Crippen LogP contribution in [0.25, 0.3) is 0 Å². The highest BCUT2D eigenvalue weighted by Crippen LogP contribution is 1.82. The largest absolute Gasteiger partial charge is 0.462 e. The number of hydrogen-bond acceptors (Lipinski definition) is 2. The molecular formula is C9H18NO2+. The van der Waals surface area contributed by atoms with Crippen molar-refractivity contribution >= 4 is 5.97 Å². The SMILES string of the molecule is C=CCCC[NH2+]CC(=O)OCC. The number of quaternary nitrogens is 1. The number of esters is 1. The molecule has 0 radical (unpaired) electrons. The van der Waals surface area contributed by atoms with Gasteiger partial charge < -0.3 is 10.1 Å². The third-order valence-corrected chi connectivity index (χ3v) is 1.43. The zero-order valence-electron chi connectivity index (χ0n) is 7.71. The molecule has 3 heteroatoms. The van der Waals surface area contributed by atoms with Crippen molar-refractivity contribution in [2.75, 3.05) is 19.7 Å². The van der Waals surface area contributed by atoms with Crippen LogP contribution in [-0.4, -0.2) is 25.7 Å². The lowest BCUT2D eigenvalue weighted by Gasteiger charge is -2.00. The Bertz CT molecular complexity index is 134. The van der Waals surface area contributed by atoms with Gasteiger partial charge in [-0.3, -0.25) is 0 Å². The van der Waals surface area contributed by atoms with Crippen LogP contribution in [0, 0.1) is 0 Å². The Morgan fingerprint density at radius 1 is 1.67 bits per heavy atom. The van der Waals surface area contributed by atoms with Crippen LogP contribution >= 0.6 is 0 Å². The predicted octanol–water partition coefficient (Wildman–Crippen LogP) is 0.0791. The molecule has 0 fully saturated rings. The summed E-state index contributed by atoms with van der Waals surface area (Å²) in [5, 5.41) is 1.96. The minimum absolute atomic E-state index is 0.129. The second-order valence-electron chi connectivity index (χ2n) is 2.52. The van der Waals surface area contributed by atoms with Crippen LogP contribution in [0.15, 0.2) is 12.7 Å². The molecule has 3 nitrogen and oxygen atoms in total. The van der Waals surface area contributed by atoms with Crippen molar-refractivity contribution in [2.24, 2.45) is 0 Å². The Morgan fingerprint density at radius 2 is 2.42 bits per heavy atom. The summed E-state index contributed by atoms with van der Waals surface area (Å²) < 4.78 is 4.76. The van der Waals surface area contributed by atoms with Gasteiger partial charge in [0.2, 0.25) is 0 Å². The maximum absolute atomic E-state index is 10.8. The predicted molar refractivity (Wildman–Crippen MR) is 47.7 cm³/mol. The Morgan fingerprint density at radius 3 is 3.00 bits per heavy atom. The Kier molecular flexibility index (Phi) is 7.70. The van der Waals surface area contributed by atoms with Gasteiger partial charge in [-0.05, 0) is 19.8 Å². The van der Waals surface area contributed by atoms with E-state index in [9.17, 15) is 4.79 Å². The standard InChI is InChI=1S/C9H17NO2/c1-3-5-6-7-10-8-9(11)12-4-2/h3,10H,1,4-8H2,2H3/p+1. The summed E-state index contributed by atoms with van der Waals surface area (Å²) in [7, 11) is 0. The molecule has 0 saturated heterocycles. The summed E-state index contributed by atoms with van der Waals surface area (Å²) in [4.78, 5) is 10.8. The van der Waals surface area contributed by atoms with E-state index in [2.05, 4.69) is 6.58 Å². The minimum atomic E-state index is -0.129. The molecule has 0 bridgehead atoms. The zero-order valence-corrected chi connectivity index (χ0v) is 7.71. The van der Waals surface area contributed by atoms with Crippen molar-refractivity contribution in [1.29, 1.82) is 0 Å². The van der Waals surface area contributed by atoms with Crippen LogP contribution < -0.4 is 5.32 Å². The van der Waals surface area contributed by atoms with Gasteiger partial charge in [0.1, 0.15) is 0 Å². The molecule has 0 aliphatic rings. The molecule has 0 heterocycles. The van der Waals surface area contributed by atoms with Crippen LogP contribution in [0.5, 0.6) is 0 Å². The first-order chi connectivity index (χ1) is 5.81. The molecule has 0 spiro atoms. The summed E-state index contributed by atoms with van der Waals surface area (Å²) >= 11 is 0. The van der Waals surface area contributed by atoms with Crippen LogP contribution in [0.1, 0.15) is 19.8 Å². The first-order valence-corrected chi connectivity index (χ1v) is 4.39. The number of ether oxygens (including phenoxy) is 1. The quantitative estimate of drug-likeness (QED) is 0.336. The molecule has 0 aliphatic heterocycles. The molecule has 12 heavy (non-hydrogen) atoms. The van der Waals surface area contributed by atoms with Crippen LogP contribution in [0.4, 0.5) is 0 Å². The van der Waals surface area contributed by atoms with Gasteiger partial charge in [-0.15, -0.1) is 6.58 Å². The molecule has 0 rings (SSSR count). The summed E-state index contributed by atoms with van der Waals surface area (Å²) in [6.45, 7) is 7.30. The number of unbranched alkanes of at least 4 members (excludes halogenated alkanes) is 1. The van der Waals surface area contributed by atoms with Gasteiger partial charge in [0.15, 0.2) is 6.54 Å². The van der Waals surface area contributed by atoms with Crippen LogP contribution in [0.2, 0.25) is 0 Å². The Hall–Kier alpha value is -0.830. The molecular weight excluding hydrogens is 154 g/mol. The maximum Gasteiger partial charge on any atom is 0.361 e.